The minimum absolute atomic E-state index is 0.0859. The van der Waals surface area contributed by atoms with Crippen molar-refractivity contribution in [2.24, 2.45) is 0 Å². The van der Waals surface area contributed by atoms with Crippen LogP contribution in [0, 0.1) is 0 Å². The average Bonchev–Trinajstić information content (AvgIpc) is 2.43. The van der Waals surface area contributed by atoms with Gasteiger partial charge in [-0.25, -0.2) is 8.42 Å². The highest BCUT2D eigenvalue weighted by Gasteiger charge is 2.16. The van der Waals surface area contributed by atoms with Crippen molar-refractivity contribution in [3.8, 4) is 0 Å². The Kier molecular flexibility index (Phi) is 4.88. The smallest absolute Gasteiger partial charge is 0.232 e. The molecule has 1 aromatic carbocycles. The molecule has 1 saturated heterocycles. The number of rotatable bonds is 5. The SMILES string of the molecule is CCS(=O)(=O)Nc1ccc(NC2CCN(C)CC2)cc1. The summed E-state index contributed by atoms with van der Waals surface area (Å²) in [6.45, 7) is 3.86. The highest BCUT2D eigenvalue weighted by atomic mass is 32.2. The zero-order valence-corrected chi connectivity index (χ0v) is 12.9. The van der Waals surface area contributed by atoms with E-state index in [9.17, 15) is 8.42 Å². The van der Waals surface area contributed by atoms with Crippen molar-refractivity contribution in [2.45, 2.75) is 25.8 Å². The lowest BCUT2D eigenvalue weighted by molar-refractivity contribution is 0.264. The van der Waals surface area contributed by atoms with Gasteiger partial charge in [0.1, 0.15) is 0 Å². The minimum Gasteiger partial charge on any atom is -0.382 e. The Morgan fingerprint density at radius 3 is 2.25 bits per heavy atom. The molecule has 2 rings (SSSR count). The van der Waals surface area contributed by atoms with Gasteiger partial charge in [-0.3, -0.25) is 4.72 Å². The van der Waals surface area contributed by atoms with Gasteiger partial charge >= 0.3 is 0 Å². The summed E-state index contributed by atoms with van der Waals surface area (Å²) in [5, 5.41) is 3.50. The van der Waals surface area contributed by atoms with Crippen molar-refractivity contribution in [1.29, 1.82) is 0 Å². The quantitative estimate of drug-likeness (QED) is 0.872. The molecule has 5 nitrogen and oxygen atoms in total. The maximum Gasteiger partial charge on any atom is 0.232 e. The molecule has 20 heavy (non-hydrogen) atoms. The Morgan fingerprint density at radius 2 is 1.70 bits per heavy atom. The summed E-state index contributed by atoms with van der Waals surface area (Å²) in [5.41, 5.74) is 1.65. The van der Waals surface area contributed by atoms with E-state index in [0.717, 1.165) is 31.6 Å². The van der Waals surface area contributed by atoms with Crippen LogP contribution in [0.15, 0.2) is 24.3 Å². The van der Waals surface area contributed by atoms with E-state index >= 15 is 0 Å². The molecule has 1 fully saturated rings. The lowest BCUT2D eigenvalue weighted by Gasteiger charge is -2.30. The third-order valence-electron chi connectivity index (χ3n) is 3.63. The summed E-state index contributed by atoms with van der Waals surface area (Å²) < 4.78 is 25.5. The van der Waals surface area contributed by atoms with Crippen LogP contribution in [0.5, 0.6) is 0 Å². The van der Waals surface area contributed by atoms with Gasteiger partial charge in [-0.2, -0.15) is 0 Å². The fourth-order valence-corrected chi connectivity index (χ4v) is 2.91. The first kappa shape index (κ1) is 15.1. The number of piperidine rings is 1. The van der Waals surface area contributed by atoms with E-state index in [-0.39, 0.29) is 5.75 Å². The Labute approximate surface area is 121 Å². The van der Waals surface area contributed by atoms with Gasteiger partial charge in [0, 0.05) is 17.4 Å². The topological polar surface area (TPSA) is 61.4 Å². The Morgan fingerprint density at radius 1 is 1.15 bits per heavy atom. The molecule has 0 spiro atoms. The molecular formula is C14H23N3O2S. The summed E-state index contributed by atoms with van der Waals surface area (Å²) >= 11 is 0. The third kappa shape index (κ3) is 4.38. The van der Waals surface area contributed by atoms with Gasteiger partial charge < -0.3 is 10.2 Å². The minimum atomic E-state index is -3.19. The first-order valence-electron chi connectivity index (χ1n) is 7.04. The van der Waals surface area contributed by atoms with Crippen molar-refractivity contribution < 1.29 is 8.42 Å². The third-order valence-corrected chi connectivity index (χ3v) is 4.93. The number of likely N-dealkylation sites (tertiary alicyclic amines) is 1. The molecule has 2 N–H and O–H groups in total. The molecule has 0 amide bonds. The molecular weight excluding hydrogens is 274 g/mol. The first-order chi connectivity index (χ1) is 9.48. The maximum absolute atomic E-state index is 11.5. The van der Waals surface area contributed by atoms with Crippen LogP contribution < -0.4 is 10.0 Å². The Bertz CT molecular complexity index is 520. The van der Waals surface area contributed by atoms with E-state index in [1.165, 1.54) is 0 Å². The zero-order chi connectivity index (χ0) is 14.6. The van der Waals surface area contributed by atoms with E-state index in [1.807, 2.05) is 12.1 Å². The molecule has 0 aromatic heterocycles. The lowest BCUT2D eigenvalue weighted by atomic mass is 10.1. The summed E-state index contributed by atoms with van der Waals surface area (Å²) in [4.78, 5) is 2.33. The van der Waals surface area contributed by atoms with Gasteiger partial charge in [0.05, 0.1) is 5.75 Å². The van der Waals surface area contributed by atoms with E-state index in [4.69, 9.17) is 0 Å². The molecule has 0 aliphatic carbocycles. The summed E-state index contributed by atoms with van der Waals surface area (Å²) in [7, 11) is -1.05. The largest absolute Gasteiger partial charge is 0.382 e. The van der Waals surface area contributed by atoms with Crippen molar-refractivity contribution >= 4 is 21.4 Å². The second kappa shape index (κ2) is 6.45. The van der Waals surface area contributed by atoms with E-state index in [1.54, 1.807) is 19.1 Å². The van der Waals surface area contributed by atoms with Crippen molar-refractivity contribution in [1.82, 2.24) is 4.90 Å². The average molecular weight is 297 g/mol. The zero-order valence-electron chi connectivity index (χ0n) is 12.1. The predicted octanol–water partition coefficient (Wildman–Crippen LogP) is 1.95. The van der Waals surface area contributed by atoms with Gasteiger partial charge in [-0.15, -0.1) is 0 Å². The molecule has 6 heteroatoms. The molecule has 1 aliphatic heterocycles. The van der Waals surface area contributed by atoms with Crippen molar-refractivity contribution in [3.05, 3.63) is 24.3 Å². The van der Waals surface area contributed by atoms with E-state index < -0.39 is 10.0 Å². The molecule has 0 unspecified atom stereocenters. The second-order valence-corrected chi connectivity index (χ2v) is 7.32. The number of nitrogens with one attached hydrogen (secondary N) is 2. The van der Waals surface area contributed by atoms with E-state index in [0.29, 0.717) is 11.7 Å². The molecule has 0 bridgehead atoms. The van der Waals surface area contributed by atoms with Crippen LogP contribution in [0.1, 0.15) is 19.8 Å². The summed E-state index contributed by atoms with van der Waals surface area (Å²) in [5.74, 6) is 0.0859. The fourth-order valence-electron chi connectivity index (χ4n) is 2.27. The molecule has 0 saturated carbocycles. The molecule has 0 atom stereocenters. The molecule has 1 aromatic rings. The summed E-state index contributed by atoms with van der Waals surface area (Å²) in [6.07, 6.45) is 2.28. The van der Waals surface area contributed by atoms with Crippen LogP contribution in [-0.2, 0) is 10.0 Å². The maximum atomic E-state index is 11.5. The number of sulfonamides is 1. The number of nitrogens with zero attached hydrogens (tertiary/aromatic N) is 1. The number of anilines is 2. The molecule has 112 valence electrons. The molecule has 1 aliphatic rings. The lowest BCUT2D eigenvalue weighted by Crippen LogP contribution is -2.36. The van der Waals surface area contributed by atoms with Gasteiger partial charge in [0.2, 0.25) is 10.0 Å². The number of benzene rings is 1. The summed E-state index contributed by atoms with van der Waals surface area (Å²) in [6, 6.07) is 7.94. The van der Waals surface area contributed by atoms with Crippen molar-refractivity contribution in [3.63, 3.8) is 0 Å². The van der Waals surface area contributed by atoms with Crippen LogP contribution in [0.4, 0.5) is 11.4 Å². The number of hydrogen-bond donors (Lipinski definition) is 2. The highest BCUT2D eigenvalue weighted by molar-refractivity contribution is 7.92. The Hall–Kier alpha value is -1.27. The van der Waals surface area contributed by atoms with Crippen LogP contribution in [0.25, 0.3) is 0 Å². The van der Waals surface area contributed by atoms with Crippen molar-refractivity contribution in [2.75, 3.05) is 35.9 Å². The predicted molar refractivity (Wildman–Crippen MR) is 83.7 cm³/mol. The van der Waals surface area contributed by atoms with Crippen LogP contribution in [0.3, 0.4) is 0 Å². The van der Waals surface area contributed by atoms with Gasteiger partial charge in [-0.05, 0) is 64.2 Å². The second-order valence-electron chi connectivity index (χ2n) is 5.30. The van der Waals surface area contributed by atoms with Crippen LogP contribution >= 0.6 is 0 Å². The van der Waals surface area contributed by atoms with Crippen LogP contribution in [0.2, 0.25) is 0 Å². The van der Waals surface area contributed by atoms with Gasteiger partial charge in [-0.1, -0.05) is 0 Å². The van der Waals surface area contributed by atoms with Crippen LogP contribution in [-0.4, -0.2) is 45.2 Å². The van der Waals surface area contributed by atoms with Gasteiger partial charge in [0.25, 0.3) is 0 Å². The van der Waals surface area contributed by atoms with E-state index in [2.05, 4.69) is 22.0 Å². The Balaban J connectivity index is 1.91. The fraction of sp³-hybridized carbons (Fsp3) is 0.571. The molecule has 1 heterocycles. The monoisotopic (exact) mass is 297 g/mol. The number of hydrogen-bond acceptors (Lipinski definition) is 4. The first-order valence-corrected chi connectivity index (χ1v) is 8.69. The normalized spacial score (nSPS) is 17.9. The van der Waals surface area contributed by atoms with Gasteiger partial charge in [0.15, 0.2) is 0 Å². The standard InChI is InChI=1S/C14H23N3O2S/c1-3-20(18,19)16-14-6-4-12(5-7-14)15-13-8-10-17(2)11-9-13/h4-7,13,15-16H,3,8-11H2,1-2H3. The highest BCUT2D eigenvalue weighted by Crippen LogP contribution is 2.18. The molecule has 0 radical (unpaired) electrons.